The van der Waals surface area contributed by atoms with Crippen LogP contribution < -0.4 is 14.7 Å². The molecule has 0 heterocycles. The van der Waals surface area contributed by atoms with Crippen molar-refractivity contribution in [1.82, 2.24) is 0 Å². The predicted octanol–water partition coefficient (Wildman–Crippen LogP) is 23.8. The van der Waals surface area contributed by atoms with E-state index in [9.17, 15) is 0 Å². The molecule has 0 saturated carbocycles. The van der Waals surface area contributed by atoms with Gasteiger partial charge in [0, 0.05) is 51.2 Å². The van der Waals surface area contributed by atoms with Crippen molar-refractivity contribution in [2.24, 2.45) is 0 Å². The van der Waals surface area contributed by atoms with Crippen LogP contribution in [0.2, 0.25) is 0 Å². The quantitative estimate of drug-likeness (QED) is 0.0955. The van der Waals surface area contributed by atoms with Crippen molar-refractivity contribution in [3.8, 4) is 77.9 Å². The van der Waals surface area contributed by atoms with Crippen LogP contribution in [-0.4, -0.2) is 0 Å². The molecule has 0 aliphatic rings. The second kappa shape index (κ2) is 24.7. The lowest BCUT2D eigenvalue weighted by Gasteiger charge is -2.26. The molecule has 3 nitrogen and oxygen atoms in total. The highest BCUT2D eigenvalue weighted by atomic mass is 15.2. The molecule has 0 N–H and O–H groups in total. The van der Waals surface area contributed by atoms with Crippen LogP contribution in [0, 0.1) is 0 Å². The molecule has 0 fully saturated rings. The van der Waals surface area contributed by atoms with Crippen LogP contribution >= 0.6 is 0 Å². The molecule has 0 saturated heterocycles. The van der Waals surface area contributed by atoms with Gasteiger partial charge < -0.3 is 14.7 Å². The largest absolute Gasteiger partial charge is 0.311 e. The fourth-order valence-corrected chi connectivity index (χ4v) is 11.7. The van der Waals surface area contributed by atoms with E-state index in [1.54, 1.807) is 0 Å². The molecule has 0 atom stereocenters. The van der Waals surface area contributed by atoms with Gasteiger partial charge in [0.05, 0.1) is 0 Å². The SMILES string of the molecule is c1ccc(-c2ccc(N(c3ccc(-c4ccccc4)cc3)c3ccc(-c4ccc(-c5ccc(N(c6ccccc6)c6ccc(-c7ccc(N(c8ccc(-c9ccccc9)cc8)c8ccc(-c9ccccc9)cc8)cc7)cc6)cc5)cc4)cc3)cc2)cc1. The lowest BCUT2D eigenvalue weighted by molar-refractivity contribution is 1.28. The molecule has 0 spiro atoms. The number of hydrogen-bond acceptors (Lipinski definition) is 3. The van der Waals surface area contributed by atoms with Crippen LogP contribution in [0.4, 0.5) is 51.2 Å². The molecule has 412 valence electrons. The molecule has 14 aromatic carbocycles. The highest BCUT2D eigenvalue weighted by Gasteiger charge is 2.18. The Morgan fingerprint density at radius 1 is 0.0920 bits per heavy atom. The zero-order valence-electron chi connectivity index (χ0n) is 48.1. The lowest BCUT2D eigenvalue weighted by Crippen LogP contribution is -2.10. The van der Waals surface area contributed by atoms with Gasteiger partial charge in [0.15, 0.2) is 0 Å². The molecular formula is C84H61N3. The van der Waals surface area contributed by atoms with E-state index >= 15 is 0 Å². The van der Waals surface area contributed by atoms with Gasteiger partial charge in [0.1, 0.15) is 0 Å². The topological polar surface area (TPSA) is 9.72 Å². The molecule has 0 aliphatic carbocycles. The van der Waals surface area contributed by atoms with Crippen LogP contribution in [0.15, 0.2) is 370 Å². The number of para-hydroxylation sites is 1. The first-order chi connectivity index (χ1) is 43.1. The molecule has 87 heavy (non-hydrogen) atoms. The molecule has 0 radical (unpaired) electrons. The third-order valence-corrected chi connectivity index (χ3v) is 16.3. The molecule has 0 bridgehead atoms. The number of rotatable bonds is 16. The van der Waals surface area contributed by atoms with E-state index in [0.717, 1.165) is 79.0 Å². The van der Waals surface area contributed by atoms with Gasteiger partial charge in [-0.25, -0.2) is 0 Å². The first-order valence-corrected chi connectivity index (χ1v) is 29.7. The monoisotopic (exact) mass is 1110 g/mol. The summed E-state index contributed by atoms with van der Waals surface area (Å²) >= 11 is 0. The maximum atomic E-state index is 2.34. The van der Waals surface area contributed by atoms with Gasteiger partial charge >= 0.3 is 0 Å². The summed E-state index contributed by atoms with van der Waals surface area (Å²) in [4.78, 5) is 7.00. The standard InChI is InChI=1S/C84H61N3/c1-6-16-62(17-7-1)68-30-46-79(47-31-68)86(80-48-32-69(33-49-80)63-18-8-2-9-19-63)83-58-40-73(41-59-83)67-28-26-66(27-29-67)72-38-54-77(55-39-72)85(76-24-14-5-15-25-76)78-56-42-74(43-57-78)75-44-60-84(61-45-75)87(81-50-34-70(35-51-81)64-20-10-3-11-21-64)82-52-36-71(37-53-82)65-22-12-4-13-23-65/h1-61H. The zero-order valence-corrected chi connectivity index (χ0v) is 48.1. The summed E-state index contributed by atoms with van der Waals surface area (Å²) in [6.07, 6.45) is 0. The van der Waals surface area contributed by atoms with Crippen LogP contribution in [0.25, 0.3) is 77.9 Å². The van der Waals surface area contributed by atoms with E-state index in [-0.39, 0.29) is 0 Å². The lowest BCUT2D eigenvalue weighted by atomic mass is 9.99. The Labute approximate surface area is 510 Å². The number of nitrogens with zero attached hydrogens (tertiary/aromatic N) is 3. The van der Waals surface area contributed by atoms with Crippen LogP contribution in [0.1, 0.15) is 0 Å². The van der Waals surface area contributed by atoms with Crippen molar-refractivity contribution in [2.75, 3.05) is 14.7 Å². The second-order valence-corrected chi connectivity index (χ2v) is 21.8. The average Bonchev–Trinajstić information content (AvgIpc) is 3.42. The summed E-state index contributed by atoms with van der Waals surface area (Å²) in [5, 5.41) is 0. The van der Waals surface area contributed by atoms with Crippen molar-refractivity contribution in [3.63, 3.8) is 0 Å². The normalized spacial score (nSPS) is 11.0. The van der Waals surface area contributed by atoms with E-state index in [2.05, 4.69) is 385 Å². The fraction of sp³-hybridized carbons (Fsp3) is 0. The minimum absolute atomic E-state index is 1.08. The molecule has 14 aromatic rings. The number of anilines is 9. The van der Waals surface area contributed by atoms with E-state index in [0.29, 0.717) is 0 Å². The first kappa shape index (κ1) is 53.5. The molecule has 14 rings (SSSR count). The highest BCUT2D eigenvalue weighted by Crippen LogP contribution is 2.42. The van der Waals surface area contributed by atoms with Gasteiger partial charge in [0.2, 0.25) is 0 Å². The fourth-order valence-electron chi connectivity index (χ4n) is 11.7. The maximum Gasteiger partial charge on any atom is 0.0462 e. The van der Waals surface area contributed by atoms with Crippen molar-refractivity contribution in [1.29, 1.82) is 0 Å². The molecule has 0 amide bonds. The minimum atomic E-state index is 1.08. The summed E-state index contributed by atoms with van der Waals surface area (Å²) in [5.74, 6) is 0. The molecule has 0 aliphatic heterocycles. The van der Waals surface area contributed by atoms with Crippen molar-refractivity contribution in [3.05, 3.63) is 370 Å². The van der Waals surface area contributed by atoms with Gasteiger partial charge in [0.25, 0.3) is 0 Å². The Morgan fingerprint density at radius 3 is 0.345 bits per heavy atom. The third-order valence-electron chi connectivity index (χ3n) is 16.3. The smallest absolute Gasteiger partial charge is 0.0462 e. The highest BCUT2D eigenvalue weighted by molar-refractivity contribution is 5.85. The van der Waals surface area contributed by atoms with Gasteiger partial charge in [-0.05, 0) is 187 Å². The summed E-state index contributed by atoms with van der Waals surface area (Å²) in [6.45, 7) is 0. The Balaban J connectivity index is 0.691. The predicted molar refractivity (Wildman–Crippen MR) is 369 cm³/mol. The Morgan fingerprint density at radius 2 is 0.195 bits per heavy atom. The summed E-state index contributed by atoms with van der Waals surface area (Å²) in [7, 11) is 0. The molecular weight excluding hydrogens is 1050 g/mol. The second-order valence-electron chi connectivity index (χ2n) is 21.8. The van der Waals surface area contributed by atoms with Crippen molar-refractivity contribution >= 4 is 51.2 Å². The summed E-state index contributed by atoms with van der Waals surface area (Å²) in [6, 6.07) is 133. The van der Waals surface area contributed by atoms with Crippen LogP contribution in [0.3, 0.4) is 0 Å². The molecule has 0 aromatic heterocycles. The van der Waals surface area contributed by atoms with E-state index in [1.807, 2.05) is 0 Å². The molecule has 3 heteroatoms. The van der Waals surface area contributed by atoms with Crippen LogP contribution in [0.5, 0.6) is 0 Å². The van der Waals surface area contributed by atoms with E-state index < -0.39 is 0 Å². The van der Waals surface area contributed by atoms with Crippen LogP contribution in [-0.2, 0) is 0 Å². The zero-order chi connectivity index (χ0) is 58.1. The van der Waals surface area contributed by atoms with E-state index in [4.69, 9.17) is 0 Å². The first-order valence-electron chi connectivity index (χ1n) is 29.7. The number of benzene rings is 14. The maximum absolute atomic E-state index is 2.34. The summed E-state index contributed by atoms with van der Waals surface area (Å²) in [5.41, 5.74) is 26.3. The van der Waals surface area contributed by atoms with E-state index in [1.165, 1.54) is 50.1 Å². The summed E-state index contributed by atoms with van der Waals surface area (Å²) < 4.78 is 0. The van der Waals surface area contributed by atoms with Crippen molar-refractivity contribution in [2.45, 2.75) is 0 Å². The minimum Gasteiger partial charge on any atom is -0.311 e. The average molecular weight is 1110 g/mol. The van der Waals surface area contributed by atoms with Crippen molar-refractivity contribution < 1.29 is 0 Å². The Hall–Kier alpha value is -11.5. The Bertz CT molecular complexity index is 4320. The number of hydrogen-bond donors (Lipinski definition) is 0. The van der Waals surface area contributed by atoms with Gasteiger partial charge in [-0.1, -0.05) is 261 Å². The van der Waals surface area contributed by atoms with Gasteiger partial charge in [-0.15, -0.1) is 0 Å². The van der Waals surface area contributed by atoms with Gasteiger partial charge in [-0.2, -0.15) is 0 Å². The molecule has 0 unspecified atom stereocenters. The Kier molecular flexibility index (Phi) is 15.2. The van der Waals surface area contributed by atoms with Gasteiger partial charge in [-0.3, -0.25) is 0 Å². The third kappa shape index (κ3) is 11.8.